The zero-order valence-electron chi connectivity index (χ0n) is 12.4. The van der Waals surface area contributed by atoms with Crippen molar-refractivity contribution in [3.8, 4) is 0 Å². The number of ether oxygens (including phenoxy) is 1. The average molecular weight is 262 g/mol. The predicted molar refractivity (Wildman–Crippen MR) is 80.8 cm³/mol. The molecule has 19 heavy (non-hydrogen) atoms. The van der Waals surface area contributed by atoms with Crippen molar-refractivity contribution in [2.45, 2.75) is 38.3 Å². The van der Waals surface area contributed by atoms with E-state index in [4.69, 9.17) is 4.74 Å². The van der Waals surface area contributed by atoms with Gasteiger partial charge in [0.1, 0.15) is 0 Å². The summed E-state index contributed by atoms with van der Waals surface area (Å²) in [7, 11) is 3.82. The highest BCUT2D eigenvalue weighted by molar-refractivity contribution is 5.56. The lowest BCUT2D eigenvalue weighted by atomic mass is 10.0. The van der Waals surface area contributed by atoms with E-state index in [0.717, 1.165) is 19.6 Å². The molecule has 3 nitrogen and oxygen atoms in total. The molecule has 1 N–H and O–H groups in total. The van der Waals surface area contributed by atoms with Crippen molar-refractivity contribution in [3.05, 3.63) is 29.8 Å². The van der Waals surface area contributed by atoms with Crippen LogP contribution >= 0.6 is 0 Å². The van der Waals surface area contributed by atoms with Crippen molar-refractivity contribution in [1.29, 1.82) is 0 Å². The van der Waals surface area contributed by atoms with Gasteiger partial charge in [-0.15, -0.1) is 0 Å². The minimum Gasteiger partial charge on any atom is -0.383 e. The first kappa shape index (κ1) is 14.4. The Morgan fingerprint density at radius 1 is 1.37 bits per heavy atom. The van der Waals surface area contributed by atoms with Crippen LogP contribution in [0.3, 0.4) is 0 Å². The Morgan fingerprint density at radius 2 is 2.11 bits per heavy atom. The molecule has 0 aromatic heterocycles. The summed E-state index contributed by atoms with van der Waals surface area (Å²) in [5.74, 6) is 0. The molecule has 3 heteroatoms. The van der Waals surface area contributed by atoms with Crippen molar-refractivity contribution in [2.75, 3.05) is 32.2 Å². The van der Waals surface area contributed by atoms with Crippen LogP contribution in [-0.4, -0.2) is 33.4 Å². The van der Waals surface area contributed by atoms with Gasteiger partial charge in [0.2, 0.25) is 0 Å². The van der Waals surface area contributed by atoms with E-state index >= 15 is 0 Å². The van der Waals surface area contributed by atoms with Gasteiger partial charge < -0.3 is 15.0 Å². The average Bonchev–Trinajstić information content (AvgIpc) is 3.27. The van der Waals surface area contributed by atoms with Gasteiger partial charge in [-0.2, -0.15) is 0 Å². The predicted octanol–water partition coefficient (Wildman–Crippen LogP) is 2.97. The molecule has 1 saturated carbocycles. The summed E-state index contributed by atoms with van der Waals surface area (Å²) < 4.78 is 5.27. The number of methoxy groups -OCH3 is 1. The topological polar surface area (TPSA) is 24.5 Å². The minimum absolute atomic E-state index is 0.431. The number of hydrogen-bond donors (Lipinski definition) is 1. The van der Waals surface area contributed by atoms with Crippen LogP contribution in [0.15, 0.2) is 24.3 Å². The number of nitrogens with one attached hydrogen (secondary N) is 1. The SMILES string of the molecule is CCC(NC)c1ccccc1N(CCOC)C1CC1. The molecule has 1 aromatic rings. The first-order chi connectivity index (χ1) is 9.31. The van der Waals surface area contributed by atoms with Crippen LogP contribution in [0.2, 0.25) is 0 Å². The summed E-state index contributed by atoms with van der Waals surface area (Å²) in [5, 5.41) is 3.42. The Labute approximate surface area is 116 Å². The van der Waals surface area contributed by atoms with Gasteiger partial charge in [-0.3, -0.25) is 0 Å². The second kappa shape index (κ2) is 6.92. The van der Waals surface area contributed by atoms with E-state index in [-0.39, 0.29) is 0 Å². The summed E-state index contributed by atoms with van der Waals surface area (Å²) in [6.45, 7) is 4.01. The van der Waals surface area contributed by atoms with E-state index in [9.17, 15) is 0 Å². The molecule has 1 aliphatic rings. The lowest BCUT2D eigenvalue weighted by molar-refractivity contribution is 0.205. The Kier molecular flexibility index (Phi) is 5.23. The summed E-state index contributed by atoms with van der Waals surface area (Å²) in [5.41, 5.74) is 2.79. The van der Waals surface area contributed by atoms with Gasteiger partial charge in [-0.05, 0) is 37.9 Å². The van der Waals surface area contributed by atoms with Gasteiger partial charge >= 0.3 is 0 Å². The number of para-hydroxylation sites is 1. The molecule has 0 spiro atoms. The summed E-state index contributed by atoms with van der Waals surface area (Å²) in [6, 6.07) is 9.93. The van der Waals surface area contributed by atoms with E-state index in [0.29, 0.717) is 12.1 Å². The lowest BCUT2D eigenvalue weighted by Crippen LogP contribution is -2.31. The summed E-state index contributed by atoms with van der Waals surface area (Å²) >= 11 is 0. The van der Waals surface area contributed by atoms with Gasteiger partial charge in [-0.25, -0.2) is 0 Å². The summed E-state index contributed by atoms with van der Waals surface area (Å²) in [4.78, 5) is 2.53. The molecule has 0 radical (unpaired) electrons. The van der Waals surface area contributed by atoms with Crippen LogP contribution < -0.4 is 10.2 Å². The first-order valence-electron chi connectivity index (χ1n) is 7.33. The zero-order valence-corrected chi connectivity index (χ0v) is 12.4. The van der Waals surface area contributed by atoms with Gasteiger partial charge in [0.15, 0.2) is 0 Å². The molecular formula is C16H26N2O. The smallest absolute Gasteiger partial charge is 0.0637 e. The fourth-order valence-corrected chi connectivity index (χ4v) is 2.70. The first-order valence-corrected chi connectivity index (χ1v) is 7.33. The van der Waals surface area contributed by atoms with E-state index in [1.54, 1.807) is 7.11 Å². The molecule has 1 unspecified atom stereocenters. The third-order valence-electron chi connectivity index (χ3n) is 3.90. The largest absolute Gasteiger partial charge is 0.383 e. The van der Waals surface area contributed by atoms with E-state index in [2.05, 4.69) is 41.4 Å². The van der Waals surface area contributed by atoms with Gasteiger partial charge in [0.25, 0.3) is 0 Å². The molecule has 0 heterocycles. The third-order valence-corrected chi connectivity index (χ3v) is 3.90. The van der Waals surface area contributed by atoms with Crippen molar-refractivity contribution < 1.29 is 4.74 Å². The molecule has 0 bridgehead atoms. The Bertz CT molecular complexity index is 386. The van der Waals surface area contributed by atoms with E-state index in [1.807, 2.05) is 7.05 Å². The van der Waals surface area contributed by atoms with Crippen LogP contribution in [0.4, 0.5) is 5.69 Å². The highest BCUT2D eigenvalue weighted by Crippen LogP contribution is 2.36. The molecule has 0 saturated heterocycles. The van der Waals surface area contributed by atoms with Crippen LogP contribution in [0.1, 0.15) is 37.8 Å². The van der Waals surface area contributed by atoms with Crippen LogP contribution in [-0.2, 0) is 4.74 Å². The second-order valence-electron chi connectivity index (χ2n) is 5.23. The molecule has 1 aromatic carbocycles. The third kappa shape index (κ3) is 3.48. The summed E-state index contributed by atoms with van der Waals surface area (Å²) in [6.07, 6.45) is 3.74. The maximum Gasteiger partial charge on any atom is 0.0637 e. The van der Waals surface area contributed by atoms with Crippen molar-refractivity contribution >= 4 is 5.69 Å². The molecule has 1 atom stereocenters. The Balaban J connectivity index is 2.25. The van der Waals surface area contributed by atoms with Crippen molar-refractivity contribution in [1.82, 2.24) is 5.32 Å². The van der Waals surface area contributed by atoms with Crippen LogP contribution in [0.5, 0.6) is 0 Å². The molecule has 1 fully saturated rings. The second-order valence-corrected chi connectivity index (χ2v) is 5.23. The Morgan fingerprint density at radius 3 is 2.68 bits per heavy atom. The zero-order chi connectivity index (χ0) is 13.7. The highest BCUT2D eigenvalue weighted by Gasteiger charge is 2.30. The monoisotopic (exact) mass is 262 g/mol. The maximum absolute atomic E-state index is 5.27. The normalized spacial score (nSPS) is 16.4. The molecule has 2 rings (SSSR count). The minimum atomic E-state index is 0.431. The Hall–Kier alpha value is -1.06. The lowest BCUT2D eigenvalue weighted by Gasteiger charge is -2.29. The van der Waals surface area contributed by atoms with E-state index < -0.39 is 0 Å². The number of hydrogen-bond acceptors (Lipinski definition) is 3. The van der Waals surface area contributed by atoms with Gasteiger partial charge in [0, 0.05) is 31.4 Å². The van der Waals surface area contributed by atoms with E-state index in [1.165, 1.54) is 24.1 Å². The highest BCUT2D eigenvalue weighted by atomic mass is 16.5. The molecular weight excluding hydrogens is 236 g/mol. The number of benzene rings is 1. The van der Waals surface area contributed by atoms with Crippen LogP contribution in [0, 0.1) is 0 Å². The molecule has 106 valence electrons. The van der Waals surface area contributed by atoms with Crippen molar-refractivity contribution in [2.24, 2.45) is 0 Å². The van der Waals surface area contributed by atoms with Gasteiger partial charge in [-0.1, -0.05) is 25.1 Å². The molecule has 0 amide bonds. The molecule has 0 aliphatic heterocycles. The number of rotatable bonds is 8. The fraction of sp³-hybridized carbons (Fsp3) is 0.625. The number of anilines is 1. The standard InChI is InChI=1S/C16H26N2O/c1-4-15(17-2)14-7-5-6-8-16(14)18(11-12-19-3)13-9-10-13/h5-8,13,15,17H,4,9-12H2,1-3H3. The quantitative estimate of drug-likeness (QED) is 0.779. The van der Waals surface area contributed by atoms with Gasteiger partial charge in [0.05, 0.1) is 6.61 Å². The fourth-order valence-electron chi connectivity index (χ4n) is 2.70. The van der Waals surface area contributed by atoms with Crippen molar-refractivity contribution in [3.63, 3.8) is 0 Å². The molecule has 1 aliphatic carbocycles. The maximum atomic E-state index is 5.27. The van der Waals surface area contributed by atoms with Crippen LogP contribution in [0.25, 0.3) is 0 Å². The number of nitrogens with zero attached hydrogens (tertiary/aromatic N) is 1.